The van der Waals surface area contributed by atoms with Crippen LogP contribution in [-0.4, -0.2) is 24.1 Å². The Bertz CT molecular complexity index is 4260. The Balaban J connectivity index is 1.08. The molecule has 0 aliphatic carbocycles. The molecule has 0 saturated carbocycles. The molecular weight excluding hydrogens is 827 g/mol. The Morgan fingerprint density at radius 1 is 0.250 bits per heavy atom. The molecule has 0 unspecified atom stereocenters. The third-order valence-corrected chi connectivity index (χ3v) is 13.8. The molecule has 0 amide bonds. The predicted molar refractivity (Wildman–Crippen MR) is 283 cm³/mol. The van der Waals surface area contributed by atoms with Crippen LogP contribution in [0.25, 0.3) is 133 Å². The van der Waals surface area contributed by atoms with Gasteiger partial charge in [-0.15, -0.1) is 0 Å². The fourth-order valence-corrected chi connectivity index (χ4v) is 10.8. The molecule has 14 aromatic rings. The first-order valence-electron chi connectivity index (χ1n) is 23.1. The molecule has 3 aromatic heterocycles. The van der Waals surface area contributed by atoms with Crippen molar-refractivity contribution in [1.82, 2.24) is 24.1 Å². The number of aromatic nitrogens is 5. The van der Waals surface area contributed by atoms with Gasteiger partial charge >= 0.3 is 0 Å². The summed E-state index contributed by atoms with van der Waals surface area (Å²) in [6.07, 6.45) is 0. The first kappa shape index (κ1) is 38.1. The molecule has 316 valence electrons. The number of hydrogen-bond acceptors (Lipinski definition) is 3. The van der Waals surface area contributed by atoms with Crippen molar-refractivity contribution in [2.75, 3.05) is 0 Å². The van der Waals surface area contributed by atoms with Crippen molar-refractivity contribution in [3.8, 4) is 56.7 Å². The highest BCUT2D eigenvalue weighted by Gasteiger charge is 2.25. The molecule has 14 rings (SSSR count). The van der Waals surface area contributed by atoms with Gasteiger partial charge in [-0.2, -0.15) is 9.97 Å². The zero-order chi connectivity index (χ0) is 44.7. The van der Waals surface area contributed by atoms with Gasteiger partial charge in [0.25, 0.3) is 0 Å². The van der Waals surface area contributed by atoms with E-state index < -0.39 is 0 Å². The van der Waals surface area contributed by atoms with E-state index in [4.69, 9.17) is 15.0 Å². The highest BCUT2D eigenvalue weighted by atomic mass is 15.2. The number of rotatable bonds is 6. The minimum atomic E-state index is 0.553. The number of fused-ring (bicyclic) bond motifs is 13. The van der Waals surface area contributed by atoms with E-state index in [2.05, 4.69) is 221 Å². The first-order chi connectivity index (χ1) is 33.8. The summed E-state index contributed by atoms with van der Waals surface area (Å²) in [5.74, 6) is 1.77. The highest BCUT2D eigenvalue weighted by molar-refractivity contribution is 6.29. The lowest BCUT2D eigenvalue weighted by Crippen LogP contribution is -2.07. The van der Waals surface area contributed by atoms with Crippen molar-refractivity contribution in [2.45, 2.75) is 0 Å². The highest BCUT2D eigenvalue weighted by Crippen LogP contribution is 2.46. The second-order valence-electron chi connectivity index (χ2n) is 17.5. The Hall–Kier alpha value is -9.19. The van der Waals surface area contributed by atoms with Gasteiger partial charge in [0.1, 0.15) is 0 Å². The number of para-hydroxylation sites is 3. The zero-order valence-corrected chi connectivity index (χ0v) is 36.8. The van der Waals surface area contributed by atoms with Gasteiger partial charge in [0.15, 0.2) is 11.6 Å². The Labute approximate surface area is 391 Å². The van der Waals surface area contributed by atoms with Gasteiger partial charge in [-0.05, 0) is 67.2 Å². The van der Waals surface area contributed by atoms with E-state index in [1.54, 1.807) is 0 Å². The molecule has 68 heavy (non-hydrogen) atoms. The van der Waals surface area contributed by atoms with Crippen molar-refractivity contribution >= 4 is 75.9 Å². The van der Waals surface area contributed by atoms with Crippen molar-refractivity contribution in [1.29, 1.82) is 0 Å². The summed E-state index contributed by atoms with van der Waals surface area (Å²) in [6.45, 7) is 0. The van der Waals surface area contributed by atoms with E-state index in [9.17, 15) is 0 Å². The van der Waals surface area contributed by atoms with Crippen LogP contribution in [0.3, 0.4) is 0 Å². The molecule has 0 aliphatic rings. The Morgan fingerprint density at radius 3 is 1.29 bits per heavy atom. The van der Waals surface area contributed by atoms with Gasteiger partial charge < -0.3 is 4.57 Å². The lowest BCUT2D eigenvalue weighted by atomic mass is 9.89. The van der Waals surface area contributed by atoms with Crippen LogP contribution in [0.4, 0.5) is 0 Å². The van der Waals surface area contributed by atoms with Gasteiger partial charge in [-0.25, -0.2) is 4.98 Å². The van der Waals surface area contributed by atoms with E-state index in [1.165, 1.54) is 43.3 Å². The molecule has 0 bridgehead atoms. The maximum Gasteiger partial charge on any atom is 0.238 e. The van der Waals surface area contributed by atoms with Crippen LogP contribution < -0.4 is 0 Å². The molecule has 5 heteroatoms. The van der Waals surface area contributed by atoms with E-state index in [0.29, 0.717) is 17.6 Å². The fraction of sp³-hybridized carbons (Fsp3) is 0. The Kier molecular flexibility index (Phi) is 8.52. The summed E-state index contributed by atoms with van der Waals surface area (Å²) in [6, 6.07) is 84.6. The van der Waals surface area contributed by atoms with Crippen molar-refractivity contribution in [3.05, 3.63) is 237 Å². The molecule has 5 nitrogen and oxygen atoms in total. The standard InChI is InChI=1S/C63H39N5/c1-3-18-40(19-4-1)41-34-36-43(37-35-41)62-64-61(42-20-5-2-6-21-42)65-63(66-62)68-57-33-16-13-27-49(57)54-39-38-53-48-26-12-15-32-56(48)67(59(53)60(54)68)55-31-14-11-25-47(55)52-30-17-29-51-46-23-8-7-22-44(46)45-24-9-10-28-50(45)58(51)52/h1-39H. The summed E-state index contributed by atoms with van der Waals surface area (Å²) >= 11 is 0. The summed E-state index contributed by atoms with van der Waals surface area (Å²) in [7, 11) is 0. The largest absolute Gasteiger partial charge is 0.307 e. The average molecular weight is 866 g/mol. The average Bonchev–Trinajstić information content (AvgIpc) is 3.94. The summed E-state index contributed by atoms with van der Waals surface area (Å²) < 4.78 is 4.76. The maximum atomic E-state index is 5.42. The van der Waals surface area contributed by atoms with E-state index in [0.717, 1.165) is 71.7 Å². The van der Waals surface area contributed by atoms with Crippen LogP contribution >= 0.6 is 0 Å². The van der Waals surface area contributed by atoms with Gasteiger partial charge in [0, 0.05) is 38.2 Å². The molecule has 3 heterocycles. The number of hydrogen-bond donors (Lipinski definition) is 0. The third kappa shape index (κ3) is 5.79. The molecule has 11 aromatic carbocycles. The normalized spacial score (nSPS) is 11.8. The smallest absolute Gasteiger partial charge is 0.238 e. The summed E-state index contributed by atoms with van der Waals surface area (Å²) in [4.78, 5) is 16.0. The fourth-order valence-electron chi connectivity index (χ4n) is 10.8. The Morgan fingerprint density at radius 2 is 0.662 bits per heavy atom. The molecule has 0 N–H and O–H groups in total. The summed E-state index contributed by atoms with van der Waals surface area (Å²) in [5, 5.41) is 12.1. The van der Waals surface area contributed by atoms with E-state index in [-0.39, 0.29) is 0 Å². The predicted octanol–water partition coefficient (Wildman–Crippen LogP) is 16.2. The van der Waals surface area contributed by atoms with E-state index in [1.807, 2.05) is 24.3 Å². The molecular formula is C63H39N5. The van der Waals surface area contributed by atoms with Gasteiger partial charge in [-0.1, -0.05) is 218 Å². The van der Waals surface area contributed by atoms with Crippen LogP contribution in [0.2, 0.25) is 0 Å². The first-order valence-corrected chi connectivity index (χ1v) is 23.1. The zero-order valence-electron chi connectivity index (χ0n) is 36.8. The summed E-state index contributed by atoms with van der Waals surface area (Å²) in [5.41, 5.74) is 11.8. The van der Waals surface area contributed by atoms with Crippen LogP contribution in [-0.2, 0) is 0 Å². The monoisotopic (exact) mass is 865 g/mol. The van der Waals surface area contributed by atoms with Crippen LogP contribution in [0, 0.1) is 0 Å². The number of benzene rings is 11. The minimum Gasteiger partial charge on any atom is -0.307 e. The van der Waals surface area contributed by atoms with E-state index >= 15 is 0 Å². The SMILES string of the molecule is c1ccc(-c2ccc(-c3nc(-c4ccccc4)nc(-n4c5ccccc5c5ccc6c7ccccc7n(-c7ccccc7-c7cccc8c9ccccc9c9ccccc9c78)c6c54)n3)cc2)cc1. The molecule has 0 saturated heterocycles. The van der Waals surface area contributed by atoms with Gasteiger partial charge in [-0.3, -0.25) is 4.57 Å². The maximum absolute atomic E-state index is 5.42. The minimum absolute atomic E-state index is 0.553. The van der Waals surface area contributed by atoms with Crippen LogP contribution in [0.1, 0.15) is 0 Å². The van der Waals surface area contributed by atoms with Gasteiger partial charge in [0.2, 0.25) is 5.95 Å². The van der Waals surface area contributed by atoms with Crippen LogP contribution in [0.5, 0.6) is 0 Å². The van der Waals surface area contributed by atoms with Crippen molar-refractivity contribution in [3.63, 3.8) is 0 Å². The molecule has 0 fully saturated rings. The van der Waals surface area contributed by atoms with Gasteiger partial charge in [0.05, 0.1) is 27.8 Å². The second-order valence-corrected chi connectivity index (χ2v) is 17.5. The van der Waals surface area contributed by atoms with Crippen molar-refractivity contribution in [2.24, 2.45) is 0 Å². The molecule has 0 aliphatic heterocycles. The lowest BCUT2D eigenvalue weighted by Gasteiger charge is -2.18. The molecule has 0 spiro atoms. The quantitative estimate of drug-likeness (QED) is 0.156. The second kappa shape index (κ2) is 15.2. The lowest BCUT2D eigenvalue weighted by molar-refractivity contribution is 0.953. The van der Waals surface area contributed by atoms with Crippen LogP contribution in [0.15, 0.2) is 237 Å². The third-order valence-electron chi connectivity index (χ3n) is 13.8. The topological polar surface area (TPSA) is 48.5 Å². The number of nitrogens with zero attached hydrogens (tertiary/aromatic N) is 5. The van der Waals surface area contributed by atoms with Crippen molar-refractivity contribution < 1.29 is 0 Å². The molecule has 0 atom stereocenters. The molecule has 0 radical (unpaired) electrons.